The van der Waals surface area contributed by atoms with E-state index in [4.69, 9.17) is 0 Å². The number of aromatic amines is 1. The van der Waals surface area contributed by atoms with Crippen LogP contribution in [-0.2, 0) is 12.8 Å². The van der Waals surface area contributed by atoms with Gasteiger partial charge in [-0.15, -0.1) is 0 Å². The molecule has 3 rings (SSSR count). The number of likely N-dealkylation sites (tertiary alicyclic amines) is 1. The molecule has 1 unspecified atom stereocenters. The highest BCUT2D eigenvalue weighted by Gasteiger charge is 2.27. The fourth-order valence-corrected chi connectivity index (χ4v) is 3.25. The van der Waals surface area contributed by atoms with Gasteiger partial charge in [-0.2, -0.15) is 5.10 Å². The fraction of sp³-hybridized carbons (Fsp3) is 0.562. The van der Waals surface area contributed by atoms with Crippen LogP contribution in [0.4, 0.5) is 0 Å². The second-order valence-electron chi connectivity index (χ2n) is 5.77. The van der Waals surface area contributed by atoms with Crippen molar-refractivity contribution >= 4 is 5.91 Å². The van der Waals surface area contributed by atoms with Crippen molar-refractivity contribution in [2.45, 2.75) is 45.6 Å². The van der Waals surface area contributed by atoms with E-state index in [-0.39, 0.29) is 5.91 Å². The molecule has 2 aromatic rings. The van der Waals surface area contributed by atoms with Gasteiger partial charge in [-0.05, 0) is 19.3 Å². The van der Waals surface area contributed by atoms with Gasteiger partial charge in [0, 0.05) is 37.6 Å². The zero-order chi connectivity index (χ0) is 15.5. The van der Waals surface area contributed by atoms with Crippen molar-refractivity contribution in [2.24, 2.45) is 0 Å². The number of carbonyl (C=O) groups excluding carboxylic acids is 1. The molecule has 0 aromatic carbocycles. The van der Waals surface area contributed by atoms with E-state index in [1.165, 1.54) is 0 Å². The first-order valence-electron chi connectivity index (χ1n) is 8.07. The summed E-state index contributed by atoms with van der Waals surface area (Å²) < 4.78 is 2.23. The van der Waals surface area contributed by atoms with E-state index in [9.17, 15) is 4.79 Å². The van der Waals surface area contributed by atoms with Crippen LogP contribution in [0, 0.1) is 0 Å². The molecule has 1 saturated heterocycles. The third-order valence-corrected chi connectivity index (χ3v) is 4.44. The van der Waals surface area contributed by atoms with Crippen LogP contribution in [0.5, 0.6) is 0 Å². The monoisotopic (exact) mass is 301 g/mol. The lowest BCUT2D eigenvalue weighted by molar-refractivity contribution is 0.0677. The smallest absolute Gasteiger partial charge is 0.257 e. The topological polar surface area (TPSA) is 66.8 Å². The number of amides is 1. The van der Waals surface area contributed by atoms with Crippen LogP contribution < -0.4 is 0 Å². The SMILES string of the molecule is CCc1[nH]ncc1C(=O)N1CCCC(n2ccnc2CC)C1. The van der Waals surface area contributed by atoms with Crippen molar-refractivity contribution in [3.63, 3.8) is 0 Å². The Morgan fingerprint density at radius 3 is 3.05 bits per heavy atom. The number of rotatable bonds is 4. The minimum absolute atomic E-state index is 0.0912. The number of imidazole rings is 1. The molecule has 1 aliphatic heterocycles. The normalized spacial score (nSPS) is 18.6. The Hall–Kier alpha value is -2.11. The summed E-state index contributed by atoms with van der Waals surface area (Å²) in [6, 6.07) is 0.326. The van der Waals surface area contributed by atoms with Gasteiger partial charge in [-0.1, -0.05) is 13.8 Å². The molecule has 0 radical (unpaired) electrons. The fourth-order valence-electron chi connectivity index (χ4n) is 3.25. The number of hydrogen-bond donors (Lipinski definition) is 1. The Morgan fingerprint density at radius 2 is 2.27 bits per heavy atom. The van der Waals surface area contributed by atoms with Gasteiger partial charge in [-0.3, -0.25) is 9.89 Å². The van der Waals surface area contributed by atoms with Crippen LogP contribution >= 0.6 is 0 Å². The minimum atomic E-state index is 0.0912. The molecule has 1 fully saturated rings. The predicted octanol–water partition coefficient (Wildman–Crippen LogP) is 2.21. The summed E-state index contributed by atoms with van der Waals surface area (Å²) in [5, 5.41) is 6.94. The van der Waals surface area contributed by atoms with Crippen molar-refractivity contribution in [2.75, 3.05) is 13.1 Å². The second kappa shape index (κ2) is 6.34. The highest BCUT2D eigenvalue weighted by molar-refractivity contribution is 5.95. The van der Waals surface area contributed by atoms with E-state index in [1.54, 1.807) is 6.20 Å². The summed E-state index contributed by atoms with van der Waals surface area (Å²) in [5.41, 5.74) is 1.63. The van der Waals surface area contributed by atoms with E-state index in [2.05, 4.69) is 26.7 Å². The maximum absolute atomic E-state index is 12.8. The van der Waals surface area contributed by atoms with Gasteiger partial charge in [0.25, 0.3) is 5.91 Å². The van der Waals surface area contributed by atoms with E-state index in [1.807, 2.05) is 24.2 Å². The first-order chi connectivity index (χ1) is 10.7. The maximum Gasteiger partial charge on any atom is 0.257 e. The molecule has 1 amide bonds. The van der Waals surface area contributed by atoms with Crippen LogP contribution in [0.15, 0.2) is 18.6 Å². The van der Waals surface area contributed by atoms with Crippen molar-refractivity contribution in [3.05, 3.63) is 35.7 Å². The van der Waals surface area contributed by atoms with E-state index >= 15 is 0 Å². The molecule has 6 heteroatoms. The maximum atomic E-state index is 12.8. The molecular weight excluding hydrogens is 278 g/mol. The third kappa shape index (κ3) is 2.65. The van der Waals surface area contributed by atoms with Crippen LogP contribution in [0.1, 0.15) is 54.6 Å². The minimum Gasteiger partial charge on any atom is -0.336 e. The van der Waals surface area contributed by atoms with Crippen molar-refractivity contribution in [1.29, 1.82) is 0 Å². The second-order valence-corrected chi connectivity index (χ2v) is 5.77. The van der Waals surface area contributed by atoms with Crippen molar-refractivity contribution in [1.82, 2.24) is 24.6 Å². The summed E-state index contributed by atoms with van der Waals surface area (Å²) in [6.45, 7) is 5.71. The third-order valence-electron chi connectivity index (χ3n) is 4.44. The van der Waals surface area contributed by atoms with Gasteiger partial charge < -0.3 is 9.47 Å². The van der Waals surface area contributed by atoms with E-state index in [0.29, 0.717) is 11.6 Å². The number of aryl methyl sites for hydroxylation is 2. The van der Waals surface area contributed by atoms with E-state index < -0.39 is 0 Å². The van der Waals surface area contributed by atoms with Gasteiger partial charge in [0.1, 0.15) is 5.82 Å². The Bertz CT molecular complexity index is 645. The molecule has 0 aliphatic carbocycles. The van der Waals surface area contributed by atoms with Gasteiger partial charge >= 0.3 is 0 Å². The van der Waals surface area contributed by atoms with Gasteiger partial charge in [-0.25, -0.2) is 4.98 Å². The Labute approximate surface area is 130 Å². The summed E-state index contributed by atoms with van der Waals surface area (Å²) in [5.74, 6) is 1.19. The van der Waals surface area contributed by atoms with Crippen molar-refractivity contribution < 1.29 is 4.79 Å². The van der Waals surface area contributed by atoms with Crippen LogP contribution in [0.25, 0.3) is 0 Å². The first kappa shape index (κ1) is 14.8. The zero-order valence-electron chi connectivity index (χ0n) is 13.2. The average Bonchev–Trinajstić information content (AvgIpc) is 3.22. The lowest BCUT2D eigenvalue weighted by Crippen LogP contribution is -2.41. The van der Waals surface area contributed by atoms with Crippen molar-refractivity contribution in [3.8, 4) is 0 Å². The standard InChI is InChI=1S/C16H23N5O/c1-3-14-13(10-18-19-14)16(22)20-8-5-6-12(11-20)21-9-7-17-15(21)4-2/h7,9-10,12H,3-6,8,11H2,1-2H3,(H,18,19). The molecule has 6 nitrogen and oxygen atoms in total. The number of nitrogens with one attached hydrogen (secondary N) is 1. The molecule has 2 aromatic heterocycles. The highest BCUT2D eigenvalue weighted by atomic mass is 16.2. The molecule has 3 heterocycles. The molecule has 0 spiro atoms. The molecule has 0 saturated carbocycles. The zero-order valence-corrected chi connectivity index (χ0v) is 13.2. The molecule has 1 aliphatic rings. The van der Waals surface area contributed by atoms with Crippen LogP contribution in [0.2, 0.25) is 0 Å². The predicted molar refractivity (Wildman–Crippen MR) is 83.7 cm³/mol. The summed E-state index contributed by atoms with van der Waals surface area (Å²) in [7, 11) is 0. The largest absolute Gasteiger partial charge is 0.336 e. The molecule has 1 N–H and O–H groups in total. The van der Waals surface area contributed by atoms with E-state index in [0.717, 1.165) is 50.3 Å². The molecule has 1 atom stereocenters. The number of hydrogen-bond acceptors (Lipinski definition) is 3. The lowest BCUT2D eigenvalue weighted by Gasteiger charge is -2.34. The number of H-pyrrole nitrogens is 1. The van der Waals surface area contributed by atoms with Gasteiger partial charge in [0.05, 0.1) is 17.8 Å². The number of piperidine rings is 1. The molecule has 22 heavy (non-hydrogen) atoms. The number of aromatic nitrogens is 4. The van der Waals surface area contributed by atoms with Crippen LogP contribution in [0.3, 0.4) is 0 Å². The molecule has 118 valence electrons. The molecule has 0 bridgehead atoms. The molecular formula is C16H23N5O. The number of carbonyl (C=O) groups is 1. The quantitative estimate of drug-likeness (QED) is 0.941. The Morgan fingerprint density at radius 1 is 1.41 bits per heavy atom. The number of nitrogens with zero attached hydrogens (tertiary/aromatic N) is 4. The van der Waals surface area contributed by atoms with Gasteiger partial charge in [0.15, 0.2) is 0 Å². The summed E-state index contributed by atoms with van der Waals surface area (Å²) in [4.78, 5) is 19.1. The summed E-state index contributed by atoms with van der Waals surface area (Å²) in [6.07, 6.45) is 9.37. The first-order valence-corrected chi connectivity index (χ1v) is 8.07. The van der Waals surface area contributed by atoms with Crippen LogP contribution in [-0.4, -0.2) is 43.6 Å². The highest BCUT2D eigenvalue weighted by Crippen LogP contribution is 2.24. The summed E-state index contributed by atoms with van der Waals surface area (Å²) >= 11 is 0. The Kier molecular flexibility index (Phi) is 4.27. The lowest BCUT2D eigenvalue weighted by atomic mass is 10.0. The average molecular weight is 301 g/mol. The van der Waals surface area contributed by atoms with Gasteiger partial charge in [0.2, 0.25) is 0 Å². The Balaban J connectivity index is 1.77.